The van der Waals surface area contributed by atoms with Crippen LogP contribution in [-0.2, 0) is 9.47 Å². The van der Waals surface area contributed by atoms with E-state index in [0.29, 0.717) is 31.0 Å². The molecule has 5 nitrogen and oxygen atoms in total. The maximum Gasteiger partial charge on any atom is 0.340 e. The number of ether oxygens (including phenoxy) is 2. The number of methoxy groups -OCH3 is 1. The SMILES string of the molecule is CCOCCN(C)c1cccc(C(=O)OC)c1N. The van der Waals surface area contributed by atoms with E-state index in [-0.39, 0.29) is 0 Å². The molecule has 18 heavy (non-hydrogen) atoms. The molecule has 0 bridgehead atoms. The molecule has 1 rings (SSSR count). The lowest BCUT2D eigenvalue weighted by Crippen LogP contribution is -2.24. The number of esters is 1. The van der Waals surface area contributed by atoms with Gasteiger partial charge in [0.2, 0.25) is 0 Å². The summed E-state index contributed by atoms with van der Waals surface area (Å²) in [5, 5.41) is 0. The lowest BCUT2D eigenvalue weighted by atomic mass is 10.1. The van der Waals surface area contributed by atoms with E-state index in [4.69, 9.17) is 10.5 Å². The third-order valence-electron chi connectivity index (χ3n) is 2.67. The van der Waals surface area contributed by atoms with Gasteiger partial charge >= 0.3 is 5.97 Å². The van der Waals surface area contributed by atoms with Crippen LogP contribution in [0.5, 0.6) is 0 Å². The summed E-state index contributed by atoms with van der Waals surface area (Å²) in [6, 6.07) is 5.31. The molecule has 0 spiro atoms. The quantitative estimate of drug-likeness (QED) is 0.472. The number of rotatable bonds is 6. The van der Waals surface area contributed by atoms with Crippen molar-refractivity contribution in [3.63, 3.8) is 0 Å². The van der Waals surface area contributed by atoms with E-state index in [1.54, 1.807) is 12.1 Å². The molecule has 0 unspecified atom stereocenters. The molecule has 0 atom stereocenters. The fraction of sp³-hybridized carbons (Fsp3) is 0.462. The normalized spacial score (nSPS) is 10.2. The maximum atomic E-state index is 11.5. The second kappa shape index (κ2) is 6.86. The highest BCUT2D eigenvalue weighted by Gasteiger charge is 2.14. The van der Waals surface area contributed by atoms with Crippen molar-refractivity contribution >= 4 is 17.3 Å². The van der Waals surface area contributed by atoms with Gasteiger partial charge in [-0.1, -0.05) is 6.07 Å². The Kier molecular flexibility index (Phi) is 5.45. The number of likely N-dealkylation sites (N-methyl/N-ethyl adjacent to an activating group) is 1. The Hall–Kier alpha value is -1.75. The zero-order chi connectivity index (χ0) is 13.5. The smallest absolute Gasteiger partial charge is 0.340 e. The first-order valence-corrected chi connectivity index (χ1v) is 5.87. The summed E-state index contributed by atoms with van der Waals surface area (Å²) in [6.07, 6.45) is 0. The lowest BCUT2D eigenvalue weighted by Gasteiger charge is -2.21. The molecule has 0 aliphatic carbocycles. The van der Waals surface area contributed by atoms with Crippen molar-refractivity contribution in [3.8, 4) is 0 Å². The van der Waals surface area contributed by atoms with E-state index >= 15 is 0 Å². The molecule has 0 saturated carbocycles. The van der Waals surface area contributed by atoms with Crippen LogP contribution in [0.2, 0.25) is 0 Å². The molecule has 0 aromatic heterocycles. The molecule has 2 N–H and O–H groups in total. The summed E-state index contributed by atoms with van der Waals surface area (Å²) in [4.78, 5) is 13.5. The molecular formula is C13H20N2O3. The van der Waals surface area contributed by atoms with Crippen molar-refractivity contribution in [1.82, 2.24) is 0 Å². The second-order valence-electron chi connectivity index (χ2n) is 3.85. The molecule has 0 amide bonds. The van der Waals surface area contributed by atoms with E-state index in [1.165, 1.54) is 7.11 Å². The largest absolute Gasteiger partial charge is 0.465 e. The molecule has 0 aliphatic heterocycles. The van der Waals surface area contributed by atoms with Crippen molar-refractivity contribution in [1.29, 1.82) is 0 Å². The molecule has 1 aromatic rings. The molecule has 5 heteroatoms. The van der Waals surface area contributed by atoms with Crippen molar-refractivity contribution in [2.45, 2.75) is 6.92 Å². The van der Waals surface area contributed by atoms with Gasteiger partial charge < -0.3 is 20.1 Å². The van der Waals surface area contributed by atoms with E-state index in [9.17, 15) is 4.79 Å². The summed E-state index contributed by atoms with van der Waals surface area (Å²) < 4.78 is 9.98. The van der Waals surface area contributed by atoms with Gasteiger partial charge in [0.15, 0.2) is 0 Å². The number of carbonyl (C=O) groups excluding carboxylic acids is 1. The number of benzene rings is 1. The van der Waals surface area contributed by atoms with Crippen LogP contribution in [-0.4, -0.2) is 39.9 Å². The van der Waals surface area contributed by atoms with Gasteiger partial charge in [0, 0.05) is 20.2 Å². The fourth-order valence-electron chi connectivity index (χ4n) is 1.64. The number of nitrogens with two attached hydrogens (primary N) is 1. The van der Waals surface area contributed by atoms with Crippen LogP contribution < -0.4 is 10.6 Å². The molecule has 0 saturated heterocycles. The van der Waals surface area contributed by atoms with Crippen LogP contribution in [0.4, 0.5) is 11.4 Å². The summed E-state index contributed by atoms with van der Waals surface area (Å²) in [6.45, 7) is 3.97. The van der Waals surface area contributed by atoms with Crippen LogP contribution in [0.3, 0.4) is 0 Å². The molecule has 100 valence electrons. The highest BCUT2D eigenvalue weighted by Crippen LogP contribution is 2.26. The topological polar surface area (TPSA) is 64.8 Å². The first-order valence-electron chi connectivity index (χ1n) is 5.87. The maximum absolute atomic E-state index is 11.5. The first-order chi connectivity index (χ1) is 8.61. The number of para-hydroxylation sites is 1. The van der Waals surface area contributed by atoms with Crippen LogP contribution in [0.1, 0.15) is 17.3 Å². The zero-order valence-corrected chi connectivity index (χ0v) is 11.1. The number of anilines is 2. The Bertz CT molecular complexity index is 407. The molecule has 0 aliphatic rings. The second-order valence-corrected chi connectivity index (χ2v) is 3.85. The van der Waals surface area contributed by atoms with Gasteiger partial charge in [-0.15, -0.1) is 0 Å². The van der Waals surface area contributed by atoms with Crippen molar-refractivity contribution in [2.24, 2.45) is 0 Å². The van der Waals surface area contributed by atoms with Crippen molar-refractivity contribution in [3.05, 3.63) is 23.8 Å². The predicted octanol–water partition coefficient (Wildman–Crippen LogP) is 1.53. The Morgan fingerprint density at radius 3 is 2.78 bits per heavy atom. The number of carbonyl (C=O) groups is 1. The van der Waals surface area contributed by atoms with Gasteiger partial charge in [0.1, 0.15) is 0 Å². The molecular weight excluding hydrogens is 232 g/mol. The van der Waals surface area contributed by atoms with Gasteiger partial charge in [0.05, 0.1) is 30.7 Å². The highest BCUT2D eigenvalue weighted by molar-refractivity contribution is 5.98. The van der Waals surface area contributed by atoms with E-state index in [2.05, 4.69) is 4.74 Å². The number of hydrogen-bond donors (Lipinski definition) is 1. The van der Waals surface area contributed by atoms with Gasteiger partial charge in [-0.3, -0.25) is 0 Å². The Morgan fingerprint density at radius 2 is 2.17 bits per heavy atom. The minimum absolute atomic E-state index is 0.387. The average molecular weight is 252 g/mol. The third kappa shape index (κ3) is 3.37. The number of hydrogen-bond acceptors (Lipinski definition) is 5. The van der Waals surface area contributed by atoms with E-state index in [0.717, 1.165) is 5.69 Å². The number of nitrogens with zero attached hydrogens (tertiary/aromatic N) is 1. The van der Waals surface area contributed by atoms with E-state index < -0.39 is 5.97 Å². The van der Waals surface area contributed by atoms with Crippen LogP contribution >= 0.6 is 0 Å². The molecule has 0 fully saturated rings. The molecule has 1 aromatic carbocycles. The summed E-state index contributed by atoms with van der Waals surface area (Å²) in [5.74, 6) is -0.424. The Balaban J connectivity index is 2.85. The van der Waals surface area contributed by atoms with Gasteiger partial charge in [-0.2, -0.15) is 0 Å². The summed E-state index contributed by atoms with van der Waals surface area (Å²) in [7, 11) is 3.25. The van der Waals surface area contributed by atoms with Crippen LogP contribution in [0, 0.1) is 0 Å². The number of nitrogen functional groups attached to an aromatic ring is 1. The third-order valence-corrected chi connectivity index (χ3v) is 2.67. The fourth-order valence-corrected chi connectivity index (χ4v) is 1.64. The monoisotopic (exact) mass is 252 g/mol. The minimum Gasteiger partial charge on any atom is -0.465 e. The zero-order valence-electron chi connectivity index (χ0n) is 11.1. The van der Waals surface area contributed by atoms with Gasteiger partial charge in [-0.25, -0.2) is 4.79 Å². The summed E-state index contributed by atoms with van der Waals surface area (Å²) in [5.41, 5.74) is 7.61. The first kappa shape index (κ1) is 14.3. The standard InChI is InChI=1S/C13H20N2O3/c1-4-18-9-8-15(2)11-7-5-6-10(12(11)14)13(16)17-3/h5-7H,4,8-9,14H2,1-3H3. The Labute approximate surface area is 107 Å². The van der Waals surface area contributed by atoms with Crippen molar-refractivity contribution < 1.29 is 14.3 Å². The molecule has 0 radical (unpaired) electrons. The van der Waals surface area contributed by atoms with Gasteiger partial charge in [-0.05, 0) is 19.1 Å². The minimum atomic E-state index is -0.424. The summed E-state index contributed by atoms with van der Waals surface area (Å²) >= 11 is 0. The van der Waals surface area contributed by atoms with Crippen LogP contribution in [0.25, 0.3) is 0 Å². The van der Waals surface area contributed by atoms with Crippen LogP contribution in [0.15, 0.2) is 18.2 Å². The average Bonchev–Trinajstić information content (AvgIpc) is 2.38. The van der Waals surface area contributed by atoms with E-state index in [1.807, 2.05) is 24.9 Å². The van der Waals surface area contributed by atoms with Gasteiger partial charge in [0.25, 0.3) is 0 Å². The highest BCUT2D eigenvalue weighted by atomic mass is 16.5. The Morgan fingerprint density at radius 1 is 1.44 bits per heavy atom. The predicted molar refractivity (Wildman–Crippen MR) is 72.0 cm³/mol. The lowest BCUT2D eigenvalue weighted by molar-refractivity contribution is 0.0602. The molecule has 0 heterocycles. The van der Waals surface area contributed by atoms with Crippen molar-refractivity contribution in [2.75, 3.05) is 44.5 Å².